The average Bonchev–Trinajstić information content (AvgIpc) is 2.23. The van der Waals surface area contributed by atoms with Gasteiger partial charge in [-0.3, -0.25) is 0 Å². The first kappa shape index (κ1) is 18.1. The molecule has 0 aromatic carbocycles. The fourth-order valence-corrected chi connectivity index (χ4v) is 4.71. The first-order valence-corrected chi connectivity index (χ1v) is 8.78. The molecule has 20 heavy (non-hydrogen) atoms. The standard InChI is InChI=1S/C20H40/c1-11-14-12-15(18(2,3)4)17(20(8,9)10)16(13-14)19(5,6)7/h14-17H,11-13H2,1-10H3. The van der Waals surface area contributed by atoms with Crippen molar-refractivity contribution in [3.8, 4) is 0 Å². The van der Waals surface area contributed by atoms with E-state index >= 15 is 0 Å². The summed E-state index contributed by atoms with van der Waals surface area (Å²) >= 11 is 0. The third-order valence-electron chi connectivity index (χ3n) is 5.84. The van der Waals surface area contributed by atoms with Crippen LogP contribution in [-0.4, -0.2) is 0 Å². The molecule has 1 fully saturated rings. The van der Waals surface area contributed by atoms with Crippen LogP contribution in [0.2, 0.25) is 0 Å². The summed E-state index contributed by atoms with van der Waals surface area (Å²) in [7, 11) is 0. The molecule has 1 rings (SSSR count). The summed E-state index contributed by atoms with van der Waals surface area (Å²) in [5.41, 5.74) is 1.26. The monoisotopic (exact) mass is 280 g/mol. The Morgan fingerprint density at radius 3 is 1.20 bits per heavy atom. The predicted molar refractivity (Wildman–Crippen MR) is 91.9 cm³/mol. The molecule has 0 heteroatoms. The molecule has 0 bridgehead atoms. The van der Waals surface area contributed by atoms with E-state index in [1.165, 1.54) is 19.3 Å². The third kappa shape index (κ3) is 4.01. The lowest BCUT2D eigenvalue weighted by molar-refractivity contribution is -0.0716. The predicted octanol–water partition coefficient (Wildman–Crippen LogP) is 6.79. The van der Waals surface area contributed by atoms with E-state index in [0.29, 0.717) is 16.2 Å². The average molecular weight is 281 g/mol. The van der Waals surface area contributed by atoms with E-state index in [9.17, 15) is 0 Å². The van der Waals surface area contributed by atoms with Crippen molar-refractivity contribution in [3.05, 3.63) is 0 Å². The Labute approximate surface area is 129 Å². The molecule has 0 nitrogen and oxygen atoms in total. The Morgan fingerprint density at radius 1 is 0.650 bits per heavy atom. The van der Waals surface area contributed by atoms with Gasteiger partial charge in [0.15, 0.2) is 0 Å². The Morgan fingerprint density at radius 2 is 1.00 bits per heavy atom. The normalized spacial score (nSPS) is 33.3. The molecule has 2 atom stereocenters. The first-order valence-electron chi connectivity index (χ1n) is 8.78. The van der Waals surface area contributed by atoms with E-state index in [0.717, 1.165) is 23.7 Å². The zero-order chi connectivity index (χ0) is 15.9. The van der Waals surface area contributed by atoms with Crippen LogP contribution in [0, 0.1) is 39.9 Å². The molecule has 120 valence electrons. The van der Waals surface area contributed by atoms with Crippen LogP contribution in [0.5, 0.6) is 0 Å². The quantitative estimate of drug-likeness (QED) is 0.496. The summed E-state index contributed by atoms with van der Waals surface area (Å²) in [6.45, 7) is 24.6. The van der Waals surface area contributed by atoms with Crippen molar-refractivity contribution in [3.63, 3.8) is 0 Å². The van der Waals surface area contributed by atoms with Crippen molar-refractivity contribution in [2.45, 2.75) is 88.5 Å². The molecule has 0 N–H and O–H groups in total. The molecule has 0 saturated heterocycles. The molecule has 1 aliphatic carbocycles. The van der Waals surface area contributed by atoms with Crippen molar-refractivity contribution in [2.24, 2.45) is 39.9 Å². The van der Waals surface area contributed by atoms with Gasteiger partial charge in [0.25, 0.3) is 0 Å². The van der Waals surface area contributed by atoms with Crippen molar-refractivity contribution >= 4 is 0 Å². The van der Waals surface area contributed by atoms with Gasteiger partial charge in [0.2, 0.25) is 0 Å². The highest BCUT2D eigenvalue weighted by atomic mass is 14.5. The zero-order valence-corrected chi connectivity index (χ0v) is 15.9. The summed E-state index contributed by atoms with van der Waals surface area (Å²) in [4.78, 5) is 0. The second-order valence-electron chi connectivity index (χ2n) is 10.6. The van der Waals surface area contributed by atoms with Crippen LogP contribution in [0.1, 0.15) is 88.5 Å². The Kier molecular flexibility index (Phi) is 5.10. The highest BCUT2D eigenvalue weighted by Crippen LogP contribution is 2.57. The van der Waals surface area contributed by atoms with Gasteiger partial charge < -0.3 is 0 Å². The highest BCUT2D eigenvalue weighted by molar-refractivity contribution is 4.99. The van der Waals surface area contributed by atoms with Gasteiger partial charge in [0, 0.05) is 0 Å². The van der Waals surface area contributed by atoms with Gasteiger partial charge in [-0.05, 0) is 52.8 Å². The molecule has 0 aromatic rings. The van der Waals surface area contributed by atoms with Gasteiger partial charge in [0.05, 0.1) is 0 Å². The summed E-state index contributed by atoms with van der Waals surface area (Å²) in [5, 5.41) is 0. The van der Waals surface area contributed by atoms with Crippen molar-refractivity contribution in [1.82, 2.24) is 0 Å². The molecule has 0 spiro atoms. The molecule has 1 saturated carbocycles. The lowest BCUT2D eigenvalue weighted by Gasteiger charge is -2.56. The number of rotatable bonds is 1. The minimum Gasteiger partial charge on any atom is -0.0651 e. The second kappa shape index (κ2) is 5.65. The second-order valence-corrected chi connectivity index (χ2v) is 10.6. The Bertz CT molecular complexity index is 280. The maximum atomic E-state index is 2.47. The van der Waals surface area contributed by atoms with Gasteiger partial charge in [-0.25, -0.2) is 0 Å². The highest BCUT2D eigenvalue weighted by Gasteiger charge is 2.50. The van der Waals surface area contributed by atoms with E-state index in [2.05, 4.69) is 69.2 Å². The largest absolute Gasteiger partial charge is 0.0651 e. The molecule has 2 unspecified atom stereocenters. The molecule has 0 radical (unpaired) electrons. The maximum Gasteiger partial charge on any atom is -0.0298 e. The molecule has 0 heterocycles. The van der Waals surface area contributed by atoms with Crippen molar-refractivity contribution in [1.29, 1.82) is 0 Å². The minimum absolute atomic E-state index is 0.411. The van der Waals surface area contributed by atoms with E-state index in [-0.39, 0.29) is 0 Å². The summed E-state index contributed by atoms with van der Waals surface area (Å²) in [6.07, 6.45) is 4.24. The van der Waals surface area contributed by atoms with Crippen LogP contribution in [0.4, 0.5) is 0 Å². The summed E-state index contributed by atoms with van der Waals surface area (Å²) in [6, 6.07) is 0. The van der Waals surface area contributed by atoms with E-state index in [1.807, 2.05) is 0 Å². The van der Waals surface area contributed by atoms with E-state index in [1.54, 1.807) is 0 Å². The molecule has 0 aromatic heterocycles. The summed E-state index contributed by atoms with van der Waals surface area (Å²) < 4.78 is 0. The zero-order valence-electron chi connectivity index (χ0n) is 15.9. The van der Waals surface area contributed by atoms with E-state index < -0.39 is 0 Å². The van der Waals surface area contributed by atoms with Gasteiger partial charge in [-0.15, -0.1) is 0 Å². The van der Waals surface area contributed by atoms with Gasteiger partial charge in [-0.1, -0.05) is 75.7 Å². The fourth-order valence-electron chi connectivity index (χ4n) is 4.71. The minimum atomic E-state index is 0.411. The Hall–Kier alpha value is 0. The SMILES string of the molecule is CCC1CC(C(C)(C)C)C(C(C)(C)C)C(C(C)(C)C)C1. The first-order chi connectivity index (χ1) is 8.78. The lowest BCUT2D eigenvalue weighted by Crippen LogP contribution is -2.49. The molecular formula is C20H40. The van der Waals surface area contributed by atoms with Crippen LogP contribution in [0.3, 0.4) is 0 Å². The van der Waals surface area contributed by atoms with Gasteiger partial charge in [-0.2, -0.15) is 0 Å². The number of hydrogen-bond donors (Lipinski definition) is 0. The Balaban J connectivity index is 3.25. The molecular weight excluding hydrogens is 240 g/mol. The molecule has 1 aliphatic rings. The van der Waals surface area contributed by atoms with Crippen LogP contribution < -0.4 is 0 Å². The molecule has 0 amide bonds. The van der Waals surface area contributed by atoms with Crippen molar-refractivity contribution in [2.75, 3.05) is 0 Å². The summed E-state index contributed by atoms with van der Waals surface area (Å²) in [5.74, 6) is 3.48. The third-order valence-corrected chi connectivity index (χ3v) is 5.84. The maximum absolute atomic E-state index is 2.47. The van der Waals surface area contributed by atoms with Gasteiger partial charge in [0.1, 0.15) is 0 Å². The van der Waals surface area contributed by atoms with Gasteiger partial charge >= 0.3 is 0 Å². The smallest absolute Gasteiger partial charge is 0.0298 e. The van der Waals surface area contributed by atoms with Crippen LogP contribution in [-0.2, 0) is 0 Å². The van der Waals surface area contributed by atoms with Crippen LogP contribution in [0.25, 0.3) is 0 Å². The van der Waals surface area contributed by atoms with Crippen LogP contribution in [0.15, 0.2) is 0 Å². The molecule has 0 aliphatic heterocycles. The van der Waals surface area contributed by atoms with Crippen molar-refractivity contribution < 1.29 is 0 Å². The topological polar surface area (TPSA) is 0 Å². The number of hydrogen-bond acceptors (Lipinski definition) is 0. The fraction of sp³-hybridized carbons (Fsp3) is 1.00. The van der Waals surface area contributed by atoms with Crippen LogP contribution >= 0.6 is 0 Å². The van der Waals surface area contributed by atoms with E-state index in [4.69, 9.17) is 0 Å². The lowest BCUT2D eigenvalue weighted by atomic mass is 9.49.